The van der Waals surface area contributed by atoms with E-state index in [1.54, 1.807) is 24.3 Å². The standard InChI is InChI=1S/C32H31N3O4S/c1-5-35-26-13-7-6-12-24(26)25-19-22(16-17-27(25)35)33-31(36)20(2)40-23-11-8-10-21(18-23)34-32(37)30-28(38-3)14-9-15-29(30)39-4/h6-20H,5H2,1-4H3,(H,33,36)(H,34,37). The molecule has 0 fully saturated rings. The van der Waals surface area contributed by atoms with Crippen molar-refractivity contribution >= 4 is 56.8 Å². The summed E-state index contributed by atoms with van der Waals surface area (Å²) in [5.74, 6) is 0.397. The van der Waals surface area contributed by atoms with Crippen molar-refractivity contribution in [2.45, 2.75) is 30.5 Å². The van der Waals surface area contributed by atoms with Crippen molar-refractivity contribution in [2.24, 2.45) is 0 Å². The highest BCUT2D eigenvalue weighted by Crippen LogP contribution is 2.33. The largest absolute Gasteiger partial charge is 0.496 e. The molecule has 0 radical (unpaired) electrons. The molecule has 5 rings (SSSR count). The van der Waals surface area contributed by atoms with Gasteiger partial charge in [-0.05, 0) is 68.4 Å². The third kappa shape index (κ3) is 5.35. The number of anilines is 2. The molecule has 7 nitrogen and oxygen atoms in total. The van der Waals surface area contributed by atoms with Gasteiger partial charge in [0.1, 0.15) is 17.1 Å². The number of fused-ring (bicyclic) bond motifs is 3. The molecule has 2 amide bonds. The fourth-order valence-electron chi connectivity index (χ4n) is 4.89. The number of para-hydroxylation sites is 1. The maximum atomic E-state index is 13.1. The zero-order chi connectivity index (χ0) is 28.2. The van der Waals surface area contributed by atoms with Crippen LogP contribution in [-0.4, -0.2) is 35.9 Å². The Hall–Kier alpha value is -4.43. The van der Waals surface area contributed by atoms with Crippen LogP contribution in [-0.2, 0) is 11.3 Å². The molecule has 1 unspecified atom stereocenters. The van der Waals surface area contributed by atoms with E-state index in [4.69, 9.17) is 9.47 Å². The van der Waals surface area contributed by atoms with Crippen molar-refractivity contribution in [1.29, 1.82) is 0 Å². The summed E-state index contributed by atoms with van der Waals surface area (Å²) in [6, 6.07) is 27.0. The van der Waals surface area contributed by atoms with Crippen LogP contribution in [0.3, 0.4) is 0 Å². The number of amides is 2. The molecule has 0 aliphatic heterocycles. The highest BCUT2D eigenvalue weighted by atomic mass is 32.2. The number of carbonyl (C=O) groups is 2. The predicted octanol–water partition coefficient (Wildman–Crippen LogP) is 7.20. The summed E-state index contributed by atoms with van der Waals surface area (Å²) in [5, 5.41) is 7.90. The second-order valence-electron chi connectivity index (χ2n) is 9.26. The Morgan fingerprint density at radius 3 is 2.20 bits per heavy atom. The second kappa shape index (κ2) is 11.8. The number of methoxy groups -OCH3 is 2. The molecule has 0 saturated heterocycles. The Morgan fingerprint density at radius 2 is 1.48 bits per heavy atom. The van der Waals surface area contributed by atoms with Crippen LogP contribution in [0.2, 0.25) is 0 Å². The van der Waals surface area contributed by atoms with Gasteiger partial charge < -0.3 is 24.7 Å². The maximum Gasteiger partial charge on any atom is 0.263 e. The lowest BCUT2D eigenvalue weighted by molar-refractivity contribution is -0.115. The molecule has 0 spiro atoms. The predicted molar refractivity (Wildman–Crippen MR) is 163 cm³/mol. The molecule has 0 aliphatic rings. The second-order valence-corrected chi connectivity index (χ2v) is 10.7. The van der Waals surface area contributed by atoms with Crippen LogP contribution in [0.15, 0.2) is 89.8 Å². The summed E-state index contributed by atoms with van der Waals surface area (Å²) < 4.78 is 13.0. The Balaban J connectivity index is 1.29. The van der Waals surface area contributed by atoms with Gasteiger partial charge in [0.25, 0.3) is 5.91 Å². The van der Waals surface area contributed by atoms with Crippen LogP contribution in [0.5, 0.6) is 11.5 Å². The molecule has 40 heavy (non-hydrogen) atoms. The van der Waals surface area contributed by atoms with E-state index in [1.807, 2.05) is 49.4 Å². The van der Waals surface area contributed by atoms with Gasteiger partial charge in [0, 0.05) is 44.6 Å². The highest BCUT2D eigenvalue weighted by molar-refractivity contribution is 8.00. The van der Waals surface area contributed by atoms with Gasteiger partial charge in [-0.1, -0.05) is 30.3 Å². The minimum absolute atomic E-state index is 0.100. The molecule has 1 aromatic heterocycles. The summed E-state index contributed by atoms with van der Waals surface area (Å²) in [7, 11) is 3.02. The molecule has 0 saturated carbocycles. The molecule has 5 aromatic rings. The number of aryl methyl sites for hydroxylation is 1. The van der Waals surface area contributed by atoms with Crippen molar-refractivity contribution in [3.63, 3.8) is 0 Å². The van der Waals surface area contributed by atoms with Gasteiger partial charge in [-0.3, -0.25) is 9.59 Å². The molecule has 0 bridgehead atoms. The lowest BCUT2D eigenvalue weighted by atomic mass is 10.1. The summed E-state index contributed by atoms with van der Waals surface area (Å²) in [4.78, 5) is 27.1. The van der Waals surface area contributed by atoms with Gasteiger partial charge in [0.15, 0.2) is 0 Å². The van der Waals surface area contributed by atoms with Crippen molar-refractivity contribution in [2.75, 3.05) is 24.9 Å². The van der Waals surface area contributed by atoms with E-state index in [9.17, 15) is 9.59 Å². The summed E-state index contributed by atoms with van der Waals surface area (Å²) in [6.07, 6.45) is 0. The zero-order valence-corrected chi connectivity index (χ0v) is 23.7. The van der Waals surface area contributed by atoms with Crippen molar-refractivity contribution in [3.8, 4) is 11.5 Å². The zero-order valence-electron chi connectivity index (χ0n) is 22.9. The third-order valence-corrected chi connectivity index (χ3v) is 7.88. The first-order valence-electron chi connectivity index (χ1n) is 13.0. The number of rotatable bonds is 9. The monoisotopic (exact) mass is 553 g/mol. The summed E-state index contributed by atoms with van der Waals surface area (Å²) in [6.45, 7) is 4.87. The average molecular weight is 554 g/mol. The van der Waals surface area contributed by atoms with E-state index in [-0.39, 0.29) is 17.1 Å². The molecule has 8 heteroatoms. The molecular formula is C32H31N3O4S. The molecule has 1 atom stereocenters. The topological polar surface area (TPSA) is 81.6 Å². The Bertz CT molecular complexity index is 1690. The lowest BCUT2D eigenvalue weighted by Crippen LogP contribution is -2.22. The molecule has 4 aromatic carbocycles. The van der Waals surface area contributed by atoms with Crippen LogP contribution < -0.4 is 20.1 Å². The minimum Gasteiger partial charge on any atom is -0.496 e. The van der Waals surface area contributed by atoms with Crippen molar-refractivity contribution in [1.82, 2.24) is 4.57 Å². The van der Waals surface area contributed by atoms with Gasteiger partial charge in [0.05, 0.1) is 19.5 Å². The van der Waals surface area contributed by atoms with Crippen LogP contribution in [0.4, 0.5) is 11.4 Å². The summed E-state index contributed by atoms with van der Waals surface area (Å²) in [5.41, 5.74) is 4.01. The van der Waals surface area contributed by atoms with E-state index < -0.39 is 0 Å². The number of thioether (sulfide) groups is 1. The quantitative estimate of drug-likeness (QED) is 0.189. The first kappa shape index (κ1) is 27.1. The molecule has 204 valence electrons. The van der Waals surface area contributed by atoms with Crippen LogP contribution in [0.1, 0.15) is 24.2 Å². The SMILES string of the molecule is CCn1c2ccccc2c2cc(NC(=O)C(C)Sc3cccc(NC(=O)c4c(OC)cccc4OC)c3)ccc21. The van der Waals surface area contributed by atoms with Gasteiger partial charge in [-0.15, -0.1) is 11.8 Å². The van der Waals surface area contributed by atoms with Crippen molar-refractivity contribution in [3.05, 3.63) is 90.5 Å². The summed E-state index contributed by atoms with van der Waals surface area (Å²) >= 11 is 1.42. The number of nitrogens with one attached hydrogen (secondary N) is 2. The number of carbonyl (C=O) groups excluding carboxylic acids is 2. The number of nitrogens with zero attached hydrogens (tertiary/aromatic N) is 1. The molecule has 0 aliphatic carbocycles. The van der Waals surface area contributed by atoms with E-state index >= 15 is 0 Å². The molecular weight excluding hydrogens is 522 g/mol. The van der Waals surface area contributed by atoms with Crippen LogP contribution in [0, 0.1) is 0 Å². The van der Waals surface area contributed by atoms with E-state index in [0.717, 1.165) is 28.0 Å². The lowest BCUT2D eigenvalue weighted by Gasteiger charge is -2.15. The fourth-order valence-corrected chi connectivity index (χ4v) is 5.82. The van der Waals surface area contributed by atoms with Gasteiger partial charge in [0.2, 0.25) is 5.91 Å². The maximum absolute atomic E-state index is 13.1. The number of hydrogen-bond donors (Lipinski definition) is 2. The van der Waals surface area contributed by atoms with Gasteiger partial charge >= 0.3 is 0 Å². The van der Waals surface area contributed by atoms with Crippen LogP contribution in [0.25, 0.3) is 21.8 Å². The van der Waals surface area contributed by atoms with E-state index in [0.29, 0.717) is 22.7 Å². The smallest absolute Gasteiger partial charge is 0.263 e. The number of hydrogen-bond acceptors (Lipinski definition) is 5. The minimum atomic E-state index is -0.368. The molecule has 1 heterocycles. The third-order valence-electron chi connectivity index (χ3n) is 6.79. The normalized spacial score (nSPS) is 11.8. The number of ether oxygens (including phenoxy) is 2. The van der Waals surface area contributed by atoms with E-state index in [2.05, 4.69) is 40.3 Å². The molecule has 2 N–H and O–H groups in total. The fraction of sp³-hybridized carbons (Fsp3) is 0.188. The van der Waals surface area contributed by atoms with Gasteiger partial charge in [-0.25, -0.2) is 0 Å². The number of aromatic nitrogens is 1. The van der Waals surface area contributed by atoms with Crippen LogP contribution >= 0.6 is 11.8 Å². The Kier molecular flexibility index (Phi) is 7.98. The average Bonchev–Trinajstić information content (AvgIpc) is 3.29. The van der Waals surface area contributed by atoms with Crippen molar-refractivity contribution < 1.29 is 19.1 Å². The first-order chi connectivity index (χ1) is 19.4. The Labute approximate surface area is 237 Å². The van der Waals surface area contributed by atoms with Gasteiger partial charge in [-0.2, -0.15) is 0 Å². The highest BCUT2D eigenvalue weighted by Gasteiger charge is 2.20. The Morgan fingerprint density at radius 1 is 0.800 bits per heavy atom. The number of benzene rings is 4. The van der Waals surface area contributed by atoms with E-state index in [1.165, 1.54) is 36.9 Å². The first-order valence-corrected chi connectivity index (χ1v) is 13.9.